The first-order chi connectivity index (χ1) is 9.67. The van der Waals surface area contributed by atoms with Gasteiger partial charge in [-0.15, -0.1) is 11.6 Å². The van der Waals surface area contributed by atoms with Gasteiger partial charge in [-0.3, -0.25) is 0 Å². The minimum Gasteiger partial charge on any atom is -0.493 e. The maximum absolute atomic E-state index is 6.18. The summed E-state index contributed by atoms with van der Waals surface area (Å²) in [4.78, 5) is 0. The summed E-state index contributed by atoms with van der Waals surface area (Å²) in [5.74, 6) is 2.66. The van der Waals surface area contributed by atoms with Crippen molar-refractivity contribution in [2.24, 2.45) is 5.92 Å². The molecule has 20 heavy (non-hydrogen) atoms. The van der Waals surface area contributed by atoms with E-state index in [0.29, 0.717) is 16.7 Å². The molecule has 1 aromatic carbocycles. The van der Waals surface area contributed by atoms with Crippen LogP contribution in [0.4, 0.5) is 0 Å². The molecular weight excluding hydrogens is 295 g/mol. The summed E-state index contributed by atoms with van der Waals surface area (Å²) in [7, 11) is 1.63. The van der Waals surface area contributed by atoms with Crippen LogP contribution >= 0.6 is 23.2 Å². The highest BCUT2D eigenvalue weighted by atomic mass is 35.5. The zero-order chi connectivity index (χ0) is 14.5. The maximum atomic E-state index is 6.18. The van der Waals surface area contributed by atoms with Gasteiger partial charge in [-0.25, -0.2) is 0 Å². The Bertz CT molecular complexity index is 415. The second kappa shape index (κ2) is 7.42. The molecule has 1 aliphatic rings. The Hall–Kier alpha value is -0.600. The molecule has 0 saturated heterocycles. The van der Waals surface area contributed by atoms with Crippen molar-refractivity contribution < 1.29 is 9.47 Å². The predicted octanol–water partition coefficient (Wildman–Crippen LogP) is 5.44. The number of hydrogen-bond donors (Lipinski definition) is 0. The van der Waals surface area contributed by atoms with E-state index in [-0.39, 0.29) is 6.10 Å². The predicted molar refractivity (Wildman–Crippen MR) is 84.2 cm³/mol. The van der Waals surface area contributed by atoms with E-state index in [9.17, 15) is 0 Å². The van der Waals surface area contributed by atoms with Crippen molar-refractivity contribution in [1.29, 1.82) is 0 Å². The average Bonchev–Trinajstić information content (AvgIpc) is 2.49. The fourth-order valence-electron chi connectivity index (χ4n) is 2.83. The summed E-state index contributed by atoms with van der Waals surface area (Å²) in [6, 6.07) is 3.63. The first-order valence-electron chi connectivity index (χ1n) is 7.27. The minimum atomic E-state index is 0.259. The van der Waals surface area contributed by atoms with Crippen molar-refractivity contribution >= 4 is 23.2 Å². The summed E-state index contributed by atoms with van der Waals surface area (Å²) in [6.07, 6.45) is 6.22. The van der Waals surface area contributed by atoms with Gasteiger partial charge in [0.15, 0.2) is 11.5 Å². The Morgan fingerprint density at radius 1 is 1.20 bits per heavy atom. The van der Waals surface area contributed by atoms with E-state index >= 15 is 0 Å². The SMILES string of the molecule is CCC1CCC(Oc2c(CCl)cc(Cl)cc2OC)CC1. The van der Waals surface area contributed by atoms with E-state index < -0.39 is 0 Å². The third-order valence-electron chi connectivity index (χ3n) is 4.12. The van der Waals surface area contributed by atoms with E-state index in [2.05, 4.69) is 6.92 Å². The number of ether oxygens (including phenoxy) is 2. The summed E-state index contributed by atoms with van der Waals surface area (Å²) >= 11 is 12.1. The molecule has 0 N–H and O–H groups in total. The van der Waals surface area contributed by atoms with Gasteiger partial charge in [-0.2, -0.15) is 0 Å². The smallest absolute Gasteiger partial charge is 0.166 e. The zero-order valence-electron chi connectivity index (χ0n) is 12.1. The van der Waals surface area contributed by atoms with E-state index in [4.69, 9.17) is 32.7 Å². The standard InChI is InChI=1S/C16H22Cl2O2/c1-3-11-4-6-14(7-5-11)20-16-12(10-17)8-13(18)9-15(16)19-2/h8-9,11,14H,3-7,10H2,1-2H3. The molecule has 0 spiro atoms. The highest BCUT2D eigenvalue weighted by Crippen LogP contribution is 2.38. The van der Waals surface area contributed by atoms with E-state index in [1.54, 1.807) is 13.2 Å². The van der Waals surface area contributed by atoms with Crippen LogP contribution in [0.15, 0.2) is 12.1 Å². The third kappa shape index (κ3) is 3.73. The quantitative estimate of drug-likeness (QED) is 0.674. The number of halogens is 2. The lowest BCUT2D eigenvalue weighted by Crippen LogP contribution is -2.24. The molecule has 0 radical (unpaired) electrons. The van der Waals surface area contributed by atoms with Crippen molar-refractivity contribution in [3.63, 3.8) is 0 Å². The van der Waals surface area contributed by atoms with E-state index in [1.807, 2.05) is 6.07 Å². The normalized spacial score (nSPS) is 22.6. The lowest BCUT2D eigenvalue weighted by molar-refractivity contribution is 0.125. The summed E-state index contributed by atoms with van der Waals surface area (Å²) in [5.41, 5.74) is 0.897. The van der Waals surface area contributed by atoms with Gasteiger partial charge in [0.2, 0.25) is 0 Å². The molecule has 1 aliphatic carbocycles. The molecule has 0 atom stereocenters. The molecule has 4 heteroatoms. The molecular formula is C16H22Cl2O2. The van der Waals surface area contributed by atoms with Crippen molar-refractivity contribution in [3.05, 3.63) is 22.7 Å². The minimum absolute atomic E-state index is 0.259. The van der Waals surface area contributed by atoms with Crippen LogP contribution < -0.4 is 9.47 Å². The number of benzene rings is 1. The molecule has 0 aromatic heterocycles. The molecule has 1 fully saturated rings. The second-order valence-corrected chi connectivity index (χ2v) is 6.10. The van der Waals surface area contributed by atoms with Gasteiger partial charge in [0.25, 0.3) is 0 Å². The summed E-state index contributed by atoms with van der Waals surface area (Å²) < 4.78 is 11.6. The Kier molecular flexibility index (Phi) is 5.86. The Morgan fingerprint density at radius 2 is 1.90 bits per heavy atom. The topological polar surface area (TPSA) is 18.5 Å². The molecule has 0 amide bonds. The van der Waals surface area contributed by atoms with Crippen LogP contribution in [-0.4, -0.2) is 13.2 Å². The number of methoxy groups -OCH3 is 1. The Balaban J connectivity index is 2.12. The van der Waals surface area contributed by atoms with Crippen LogP contribution in [0.2, 0.25) is 5.02 Å². The van der Waals surface area contributed by atoms with Gasteiger partial charge in [-0.1, -0.05) is 24.9 Å². The van der Waals surface area contributed by atoms with Crippen molar-refractivity contribution in [2.45, 2.75) is 51.0 Å². The number of hydrogen-bond acceptors (Lipinski definition) is 2. The largest absolute Gasteiger partial charge is 0.493 e. The van der Waals surface area contributed by atoms with Gasteiger partial charge < -0.3 is 9.47 Å². The lowest BCUT2D eigenvalue weighted by atomic mass is 9.86. The number of alkyl halides is 1. The van der Waals surface area contributed by atoms with Crippen molar-refractivity contribution in [2.75, 3.05) is 7.11 Å². The van der Waals surface area contributed by atoms with Crippen LogP contribution in [0.1, 0.15) is 44.6 Å². The molecule has 112 valence electrons. The van der Waals surface area contributed by atoms with Gasteiger partial charge in [0, 0.05) is 16.7 Å². The first kappa shape index (κ1) is 15.8. The Labute approximate surface area is 131 Å². The molecule has 0 aliphatic heterocycles. The summed E-state index contributed by atoms with van der Waals surface area (Å²) in [5, 5.41) is 0.625. The van der Waals surface area contributed by atoms with Crippen LogP contribution in [0.25, 0.3) is 0 Å². The lowest BCUT2D eigenvalue weighted by Gasteiger charge is -2.29. The van der Waals surface area contributed by atoms with E-state index in [0.717, 1.165) is 30.1 Å². The third-order valence-corrected chi connectivity index (χ3v) is 4.62. The number of rotatable bonds is 5. The molecule has 0 heterocycles. The monoisotopic (exact) mass is 316 g/mol. The molecule has 0 bridgehead atoms. The van der Waals surface area contributed by atoms with E-state index in [1.165, 1.54) is 19.3 Å². The molecule has 2 rings (SSSR count). The Morgan fingerprint density at radius 3 is 2.45 bits per heavy atom. The second-order valence-electron chi connectivity index (χ2n) is 5.40. The van der Waals surface area contributed by atoms with Gasteiger partial charge in [0.1, 0.15) is 0 Å². The summed E-state index contributed by atoms with van der Waals surface area (Å²) in [6.45, 7) is 2.26. The maximum Gasteiger partial charge on any atom is 0.166 e. The van der Waals surface area contributed by atoms with Crippen LogP contribution in [0.3, 0.4) is 0 Å². The average molecular weight is 317 g/mol. The van der Waals surface area contributed by atoms with Crippen LogP contribution in [0.5, 0.6) is 11.5 Å². The van der Waals surface area contributed by atoms with Crippen molar-refractivity contribution in [3.8, 4) is 11.5 Å². The zero-order valence-corrected chi connectivity index (χ0v) is 13.6. The van der Waals surface area contributed by atoms with Gasteiger partial charge >= 0.3 is 0 Å². The molecule has 1 aromatic rings. The van der Waals surface area contributed by atoms with Crippen LogP contribution in [-0.2, 0) is 5.88 Å². The molecule has 2 nitrogen and oxygen atoms in total. The van der Waals surface area contributed by atoms with Crippen molar-refractivity contribution in [1.82, 2.24) is 0 Å². The highest BCUT2D eigenvalue weighted by Gasteiger charge is 2.23. The highest BCUT2D eigenvalue weighted by molar-refractivity contribution is 6.31. The van der Waals surface area contributed by atoms with Crippen LogP contribution in [0, 0.1) is 5.92 Å². The fraction of sp³-hybridized carbons (Fsp3) is 0.625. The van der Waals surface area contributed by atoms with Gasteiger partial charge in [0.05, 0.1) is 19.1 Å². The first-order valence-corrected chi connectivity index (χ1v) is 8.18. The fourth-order valence-corrected chi connectivity index (χ4v) is 3.26. The molecule has 0 unspecified atom stereocenters. The molecule has 1 saturated carbocycles. The van der Waals surface area contributed by atoms with Gasteiger partial charge in [-0.05, 0) is 37.7 Å².